The number of para-hydroxylation sites is 1. The minimum atomic E-state index is 0.222. The maximum absolute atomic E-state index is 4.46. The monoisotopic (exact) mass is 269 g/mol. The molecule has 0 saturated heterocycles. The maximum atomic E-state index is 4.46. The van der Waals surface area contributed by atoms with Crippen molar-refractivity contribution in [2.24, 2.45) is 4.99 Å². The van der Waals surface area contributed by atoms with Crippen molar-refractivity contribution in [3.63, 3.8) is 0 Å². The molecule has 0 aromatic heterocycles. The van der Waals surface area contributed by atoms with Gasteiger partial charge in [0.25, 0.3) is 0 Å². The van der Waals surface area contributed by atoms with Crippen LogP contribution in [0.15, 0.2) is 64.5 Å². The maximum Gasteiger partial charge on any atom is 0.0954 e. The standard InChI is InChI=1S/C15H15N3S/c1-2-7-13(8-3-1)17-18-15-11-16-10-12-6-4-5-9-14(12)19-15/h1-10,15,17-18H,11H2. The van der Waals surface area contributed by atoms with Crippen molar-refractivity contribution in [2.45, 2.75) is 10.3 Å². The summed E-state index contributed by atoms with van der Waals surface area (Å²) in [5.74, 6) is 0. The number of benzene rings is 2. The second-order valence-corrected chi connectivity index (χ2v) is 5.52. The van der Waals surface area contributed by atoms with Crippen LogP contribution in [0.4, 0.5) is 5.69 Å². The molecule has 0 radical (unpaired) electrons. The van der Waals surface area contributed by atoms with E-state index in [4.69, 9.17) is 0 Å². The molecule has 1 aliphatic rings. The largest absolute Gasteiger partial charge is 0.320 e. The van der Waals surface area contributed by atoms with E-state index in [9.17, 15) is 0 Å². The van der Waals surface area contributed by atoms with Crippen LogP contribution in [0.25, 0.3) is 0 Å². The molecule has 2 aromatic carbocycles. The molecule has 0 fully saturated rings. The van der Waals surface area contributed by atoms with Crippen molar-refractivity contribution in [1.82, 2.24) is 5.43 Å². The molecule has 96 valence electrons. The van der Waals surface area contributed by atoms with Gasteiger partial charge in [0.2, 0.25) is 0 Å². The van der Waals surface area contributed by atoms with E-state index in [1.54, 1.807) is 11.8 Å². The smallest absolute Gasteiger partial charge is 0.0954 e. The lowest BCUT2D eigenvalue weighted by Gasteiger charge is -2.17. The van der Waals surface area contributed by atoms with Crippen LogP contribution in [-0.2, 0) is 0 Å². The van der Waals surface area contributed by atoms with Crippen LogP contribution in [0.2, 0.25) is 0 Å². The highest BCUT2D eigenvalue weighted by Gasteiger charge is 2.14. The molecule has 2 N–H and O–H groups in total. The number of nitrogens with zero attached hydrogens (tertiary/aromatic N) is 1. The van der Waals surface area contributed by atoms with E-state index in [2.05, 4.69) is 34.0 Å². The lowest BCUT2D eigenvalue weighted by atomic mass is 10.2. The zero-order valence-electron chi connectivity index (χ0n) is 10.4. The molecule has 0 aliphatic carbocycles. The Morgan fingerprint density at radius 1 is 1.00 bits per heavy atom. The fraction of sp³-hybridized carbons (Fsp3) is 0.133. The van der Waals surface area contributed by atoms with Crippen molar-refractivity contribution in [1.29, 1.82) is 0 Å². The fourth-order valence-corrected chi connectivity index (χ4v) is 2.89. The normalized spacial score (nSPS) is 17.6. The van der Waals surface area contributed by atoms with Crippen molar-refractivity contribution < 1.29 is 0 Å². The number of hydrogen-bond donors (Lipinski definition) is 2. The minimum Gasteiger partial charge on any atom is -0.320 e. The predicted octanol–water partition coefficient (Wildman–Crippen LogP) is 3.15. The molecule has 19 heavy (non-hydrogen) atoms. The summed E-state index contributed by atoms with van der Waals surface area (Å²) in [5.41, 5.74) is 8.80. The highest BCUT2D eigenvalue weighted by Crippen LogP contribution is 2.27. The van der Waals surface area contributed by atoms with E-state index in [1.807, 2.05) is 42.6 Å². The van der Waals surface area contributed by atoms with Gasteiger partial charge in [-0.1, -0.05) is 36.4 Å². The molecule has 1 unspecified atom stereocenters. The molecule has 2 aromatic rings. The van der Waals surface area contributed by atoms with Crippen LogP contribution >= 0.6 is 11.8 Å². The second kappa shape index (κ2) is 5.91. The topological polar surface area (TPSA) is 36.4 Å². The van der Waals surface area contributed by atoms with Gasteiger partial charge in [0.1, 0.15) is 0 Å². The second-order valence-electron chi connectivity index (χ2n) is 4.27. The Labute approximate surface area is 117 Å². The summed E-state index contributed by atoms with van der Waals surface area (Å²) >= 11 is 1.80. The van der Waals surface area contributed by atoms with Crippen molar-refractivity contribution in [2.75, 3.05) is 12.0 Å². The molecule has 1 atom stereocenters. The van der Waals surface area contributed by atoms with E-state index >= 15 is 0 Å². The molecule has 0 saturated carbocycles. The van der Waals surface area contributed by atoms with E-state index in [1.165, 1.54) is 10.5 Å². The molecular weight excluding hydrogens is 254 g/mol. The summed E-state index contributed by atoms with van der Waals surface area (Å²) < 4.78 is 0. The van der Waals surface area contributed by atoms with Gasteiger partial charge in [-0.25, -0.2) is 5.43 Å². The summed E-state index contributed by atoms with van der Waals surface area (Å²) in [6, 6.07) is 18.4. The van der Waals surface area contributed by atoms with Crippen molar-refractivity contribution in [3.8, 4) is 0 Å². The van der Waals surface area contributed by atoms with Gasteiger partial charge in [-0.05, 0) is 18.2 Å². The molecule has 4 heteroatoms. The first kappa shape index (κ1) is 12.3. The van der Waals surface area contributed by atoms with E-state index in [0.717, 1.165) is 12.2 Å². The number of rotatable bonds is 3. The first-order chi connectivity index (χ1) is 9.42. The minimum absolute atomic E-state index is 0.222. The number of hydrazine groups is 1. The van der Waals surface area contributed by atoms with E-state index in [0.29, 0.717) is 0 Å². The molecule has 3 nitrogen and oxygen atoms in total. The SMILES string of the molecule is C1=NCC(NNc2ccccc2)Sc2ccccc21. The Kier molecular flexibility index (Phi) is 3.81. The molecule has 1 aliphatic heterocycles. The summed E-state index contributed by atoms with van der Waals surface area (Å²) in [5, 5.41) is 0.222. The highest BCUT2D eigenvalue weighted by molar-refractivity contribution is 8.00. The average molecular weight is 269 g/mol. The van der Waals surface area contributed by atoms with Crippen LogP contribution in [0.1, 0.15) is 5.56 Å². The molecule has 1 heterocycles. The summed E-state index contributed by atoms with van der Waals surface area (Å²) in [6.45, 7) is 0.749. The molecular formula is C15H15N3S. The zero-order valence-corrected chi connectivity index (χ0v) is 11.2. The average Bonchev–Trinajstić information content (AvgIpc) is 2.68. The third-order valence-corrected chi connectivity index (χ3v) is 4.02. The van der Waals surface area contributed by atoms with E-state index in [-0.39, 0.29) is 5.37 Å². The van der Waals surface area contributed by atoms with Gasteiger partial charge in [0.15, 0.2) is 0 Å². The van der Waals surface area contributed by atoms with Gasteiger partial charge >= 0.3 is 0 Å². The Morgan fingerprint density at radius 3 is 2.68 bits per heavy atom. The highest BCUT2D eigenvalue weighted by atomic mass is 32.2. The van der Waals surface area contributed by atoms with Gasteiger partial charge in [0, 0.05) is 22.4 Å². The number of thioether (sulfide) groups is 1. The summed E-state index contributed by atoms with van der Waals surface area (Å²) in [4.78, 5) is 5.72. The Bertz CT molecular complexity index is 569. The Morgan fingerprint density at radius 2 is 1.79 bits per heavy atom. The van der Waals surface area contributed by atoms with Crippen LogP contribution < -0.4 is 10.9 Å². The molecule has 3 rings (SSSR count). The van der Waals surface area contributed by atoms with Gasteiger partial charge in [-0.15, -0.1) is 11.8 Å². The van der Waals surface area contributed by atoms with Crippen LogP contribution in [0.3, 0.4) is 0 Å². The number of anilines is 1. The lowest BCUT2D eigenvalue weighted by molar-refractivity contribution is 0.741. The van der Waals surface area contributed by atoms with Gasteiger partial charge in [-0.2, -0.15) is 0 Å². The van der Waals surface area contributed by atoms with Crippen molar-refractivity contribution >= 4 is 23.7 Å². The summed E-state index contributed by atoms with van der Waals surface area (Å²) in [6.07, 6.45) is 1.95. The van der Waals surface area contributed by atoms with Crippen LogP contribution in [0, 0.1) is 0 Å². The lowest BCUT2D eigenvalue weighted by Crippen LogP contribution is -2.33. The first-order valence-corrected chi connectivity index (χ1v) is 7.12. The predicted molar refractivity (Wildman–Crippen MR) is 81.7 cm³/mol. The Balaban J connectivity index is 1.66. The van der Waals surface area contributed by atoms with Crippen molar-refractivity contribution in [3.05, 3.63) is 60.2 Å². The molecule has 0 amide bonds. The van der Waals surface area contributed by atoms with Crippen LogP contribution in [-0.4, -0.2) is 18.1 Å². The van der Waals surface area contributed by atoms with E-state index < -0.39 is 0 Å². The number of hydrogen-bond acceptors (Lipinski definition) is 4. The molecule has 0 bridgehead atoms. The molecule has 0 spiro atoms. The fourth-order valence-electron chi connectivity index (χ4n) is 1.89. The first-order valence-electron chi connectivity index (χ1n) is 6.24. The van der Waals surface area contributed by atoms with Gasteiger partial charge in [0.05, 0.1) is 11.9 Å². The zero-order chi connectivity index (χ0) is 12.9. The quantitative estimate of drug-likeness (QED) is 0.840. The number of aliphatic imine (C=N–C) groups is 1. The number of fused-ring (bicyclic) bond motifs is 1. The third kappa shape index (κ3) is 3.16. The van der Waals surface area contributed by atoms with Crippen LogP contribution in [0.5, 0.6) is 0 Å². The Hall–Kier alpha value is -1.78. The third-order valence-electron chi connectivity index (χ3n) is 2.84. The number of nitrogens with one attached hydrogen (secondary N) is 2. The van der Waals surface area contributed by atoms with Gasteiger partial charge < -0.3 is 5.43 Å². The van der Waals surface area contributed by atoms with Gasteiger partial charge in [-0.3, -0.25) is 4.99 Å². The summed E-state index contributed by atoms with van der Waals surface area (Å²) in [7, 11) is 0.